The van der Waals surface area contributed by atoms with Crippen molar-refractivity contribution in [1.29, 1.82) is 0 Å². The number of nitrogens with two attached hydrogens (primary N) is 1. The minimum Gasteiger partial charge on any atom is -0.436 e. The van der Waals surface area contributed by atoms with E-state index in [1.807, 2.05) is 0 Å². The maximum Gasteiger partial charge on any atom is 0.416 e. The third-order valence-corrected chi connectivity index (χ3v) is 3.17. The number of pyridine rings is 1. The Kier molecular flexibility index (Phi) is 4.53. The summed E-state index contributed by atoms with van der Waals surface area (Å²) >= 11 is 11.5. The van der Waals surface area contributed by atoms with Gasteiger partial charge in [-0.3, -0.25) is 10.1 Å². The quantitative estimate of drug-likeness (QED) is 0.627. The molecule has 6 nitrogen and oxygen atoms in total. The number of aromatic nitrogens is 1. The van der Waals surface area contributed by atoms with Crippen LogP contribution in [-0.4, -0.2) is 9.91 Å². The van der Waals surface area contributed by atoms with E-state index in [1.165, 1.54) is 0 Å². The van der Waals surface area contributed by atoms with Gasteiger partial charge in [0.1, 0.15) is 0 Å². The first-order chi connectivity index (χ1) is 10.6. The molecule has 122 valence electrons. The lowest BCUT2D eigenvalue weighted by molar-refractivity contribution is -0.384. The van der Waals surface area contributed by atoms with Crippen molar-refractivity contribution in [2.75, 3.05) is 5.73 Å². The molecule has 0 saturated heterocycles. The second-order valence-corrected chi connectivity index (χ2v) is 4.99. The normalized spacial score (nSPS) is 11.3. The summed E-state index contributed by atoms with van der Waals surface area (Å²) in [5.41, 5.74) is 3.90. The number of nitrogens with zero attached hydrogens (tertiary/aromatic N) is 2. The average Bonchev–Trinajstić information content (AvgIpc) is 2.41. The van der Waals surface area contributed by atoms with Crippen LogP contribution in [0.15, 0.2) is 24.3 Å². The van der Waals surface area contributed by atoms with Gasteiger partial charge in [-0.15, -0.1) is 0 Å². The zero-order valence-electron chi connectivity index (χ0n) is 10.9. The summed E-state index contributed by atoms with van der Waals surface area (Å²) in [4.78, 5) is 13.5. The molecule has 0 saturated carbocycles. The van der Waals surface area contributed by atoms with Crippen LogP contribution >= 0.6 is 23.2 Å². The van der Waals surface area contributed by atoms with E-state index in [-0.39, 0.29) is 11.6 Å². The van der Waals surface area contributed by atoms with E-state index in [2.05, 4.69) is 4.98 Å². The molecular weight excluding hydrogens is 362 g/mol. The molecule has 0 fully saturated rings. The molecule has 1 aromatic carbocycles. The molecule has 0 unspecified atom stereocenters. The molecule has 1 aromatic heterocycles. The van der Waals surface area contributed by atoms with Crippen molar-refractivity contribution in [1.82, 2.24) is 4.98 Å². The van der Waals surface area contributed by atoms with Gasteiger partial charge in [-0.1, -0.05) is 23.2 Å². The molecule has 2 N–H and O–H groups in total. The lowest BCUT2D eigenvalue weighted by atomic mass is 10.2. The van der Waals surface area contributed by atoms with Crippen LogP contribution in [0.25, 0.3) is 0 Å². The Balaban J connectivity index is 2.38. The minimum absolute atomic E-state index is 0.211. The second kappa shape index (κ2) is 6.09. The zero-order valence-corrected chi connectivity index (χ0v) is 12.4. The Morgan fingerprint density at radius 2 is 1.78 bits per heavy atom. The Morgan fingerprint density at radius 1 is 1.22 bits per heavy atom. The topological polar surface area (TPSA) is 91.3 Å². The number of rotatable bonds is 3. The molecule has 0 amide bonds. The van der Waals surface area contributed by atoms with Gasteiger partial charge < -0.3 is 10.5 Å². The predicted octanol–water partition coefficient (Wildman–Crippen LogP) is 4.69. The monoisotopic (exact) mass is 367 g/mol. The molecule has 0 aliphatic rings. The highest BCUT2D eigenvalue weighted by Gasteiger charge is 2.32. The van der Waals surface area contributed by atoms with Gasteiger partial charge >= 0.3 is 11.9 Å². The Bertz CT molecular complexity index is 761. The van der Waals surface area contributed by atoms with Gasteiger partial charge in [0.25, 0.3) is 0 Å². The van der Waals surface area contributed by atoms with Crippen molar-refractivity contribution in [2.45, 2.75) is 6.18 Å². The van der Waals surface area contributed by atoms with Crippen LogP contribution in [0.3, 0.4) is 0 Å². The van der Waals surface area contributed by atoms with E-state index in [0.717, 1.165) is 12.1 Å². The van der Waals surface area contributed by atoms with E-state index in [1.54, 1.807) is 0 Å². The van der Waals surface area contributed by atoms with Crippen molar-refractivity contribution in [3.8, 4) is 11.6 Å². The highest BCUT2D eigenvalue weighted by molar-refractivity contribution is 6.37. The summed E-state index contributed by atoms with van der Waals surface area (Å²) in [5, 5.41) is 9.83. The predicted molar refractivity (Wildman–Crippen MR) is 76.8 cm³/mol. The van der Waals surface area contributed by atoms with Crippen molar-refractivity contribution in [2.24, 2.45) is 0 Å². The number of nitro groups is 1. The highest BCUT2D eigenvalue weighted by Crippen LogP contribution is 2.41. The van der Waals surface area contributed by atoms with Crippen molar-refractivity contribution >= 4 is 34.7 Å². The molecule has 1 heterocycles. The third kappa shape index (κ3) is 3.74. The third-order valence-electron chi connectivity index (χ3n) is 2.61. The summed E-state index contributed by atoms with van der Waals surface area (Å²) in [6.07, 6.45) is -4.62. The maximum atomic E-state index is 12.6. The van der Waals surface area contributed by atoms with Crippen LogP contribution in [0.2, 0.25) is 10.0 Å². The van der Waals surface area contributed by atoms with Gasteiger partial charge in [-0.2, -0.15) is 18.2 Å². The van der Waals surface area contributed by atoms with Gasteiger partial charge in [0.2, 0.25) is 11.7 Å². The largest absolute Gasteiger partial charge is 0.436 e. The minimum atomic E-state index is -4.62. The van der Waals surface area contributed by atoms with E-state index in [9.17, 15) is 23.3 Å². The zero-order chi connectivity index (χ0) is 17.4. The number of hydrogen-bond acceptors (Lipinski definition) is 5. The Labute approximate surface area is 136 Å². The molecule has 2 aromatic rings. The van der Waals surface area contributed by atoms with Crippen LogP contribution < -0.4 is 10.5 Å². The highest BCUT2D eigenvalue weighted by atomic mass is 35.5. The molecule has 0 atom stereocenters. The smallest absolute Gasteiger partial charge is 0.416 e. The number of halogens is 5. The van der Waals surface area contributed by atoms with Crippen LogP contribution in [0.1, 0.15) is 5.56 Å². The van der Waals surface area contributed by atoms with Crippen LogP contribution in [0, 0.1) is 10.1 Å². The lowest BCUT2D eigenvalue weighted by Gasteiger charge is -2.12. The molecule has 0 bridgehead atoms. The number of anilines is 1. The van der Waals surface area contributed by atoms with Gasteiger partial charge in [0.05, 0.1) is 20.5 Å². The first-order valence-electron chi connectivity index (χ1n) is 5.74. The molecule has 0 radical (unpaired) electrons. The number of alkyl halides is 3. The number of benzene rings is 1. The summed E-state index contributed by atoms with van der Waals surface area (Å²) in [7, 11) is 0. The van der Waals surface area contributed by atoms with Crippen molar-refractivity contribution in [3.63, 3.8) is 0 Å². The van der Waals surface area contributed by atoms with E-state index >= 15 is 0 Å². The van der Waals surface area contributed by atoms with Crippen LogP contribution in [0.5, 0.6) is 11.6 Å². The Morgan fingerprint density at radius 3 is 2.22 bits per heavy atom. The summed E-state index contributed by atoms with van der Waals surface area (Å²) in [6, 6.07) is 3.41. The van der Waals surface area contributed by atoms with Crippen molar-refractivity contribution in [3.05, 3.63) is 50.0 Å². The van der Waals surface area contributed by atoms with Gasteiger partial charge in [-0.25, -0.2) is 0 Å². The van der Waals surface area contributed by atoms with Crippen molar-refractivity contribution < 1.29 is 22.8 Å². The fourth-order valence-corrected chi connectivity index (χ4v) is 2.15. The van der Waals surface area contributed by atoms with Gasteiger partial charge in [0.15, 0.2) is 5.75 Å². The summed E-state index contributed by atoms with van der Waals surface area (Å²) in [6.45, 7) is 0. The van der Waals surface area contributed by atoms with Crippen LogP contribution in [0.4, 0.5) is 24.7 Å². The standard InChI is InChI=1S/C12H6Cl2F3N3O3/c13-6-3-5(12(15,16)17)4-7(14)10(6)23-9-2-1-8(20(21)22)11(18)19-9/h1-4H,(H2,18,19). The number of ether oxygens (including phenoxy) is 1. The van der Waals surface area contributed by atoms with Crippen LogP contribution in [-0.2, 0) is 6.18 Å². The van der Waals surface area contributed by atoms with Gasteiger partial charge in [0, 0.05) is 12.1 Å². The summed E-state index contributed by atoms with van der Waals surface area (Å²) < 4.78 is 43.1. The fraction of sp³-hybridized carbons (Fsp3) is 0.0833. The van der Waals surface area contributed by atoms with E-state index < -0.39 is 38.2 Å². The molecule has 0 aliphatic carbocycles. The Hall–Kier alpha value is -2.26. The number of nitrogen functional groups attached to an aromatic ring is 1. The molecule has 23 heavy (non-hydrogen) atoms. The fourth-order valence-electron chi connectivity index (χ4n) is 1.59. The van der Waals surface area contributed by atoms with Gasteiger partial charge in [-0.05, 0) is 12.1 Å². The lowest BCUT2D eigenvalue weighted by Crippen LogP contribution is -2.05. The van der Waals surface area contributed by atoms with E-state index in [0.29, 0.717) is 12.1 Å². The average molecular weight is 368 g/mol. The molecular formula is C12H6Cl2F3N3O3. The second-order valence-electron chi connectivity index (χ2n) is 4.18. The molecule has 0 spiro atoms. The summed E-state index contributed by atoms with van der Waals surface area (Å²) in [5.74, 6) is -0.912. The maximum absolute atomic E-state index is 12.6. The molecule has 2 rings (SSSR count). The molecule has 11 heteroatoms. The molecule has 0 aliphatic heterocycles. The number of hydrogen-bond donors (Lipinski definition) is 1. The SMILES string of the molecule is Nc1nc(Oc2c(Cl)cc(C(F)(F)F)cc2Cl)ccc1[N+](=O)[O-]. The van der Waals surface area contributed by atoms with E-state index in [4.69, 9.17) is 33.7 Å². The first-order valence-corrected chi connectivity index (χ1v) is 6.50. The first kappa shape index (κ1) is 17.1.